The molecule has 4 rings (SSSR count). The molecular formula is C16H10N2O. The van der Waals surface area contributed by atoms with Crippen LogP contribution in [0.3, 0.4) is 0 Å². The molecule has 0 aliphatic heterocycles. The van der Waals surface area contributed by atoms with Crippen LogP contribution < -0.4 is 0 Å². The molecule has 3 nitrogen and oxygen atoms in total. The minimum absolute atomic E-state index is 0.0264. The number of ketones is 1. The largest absolute Gasteiger partial charge is 0.287 e. The molecule has 0 saturated carbocycles. The molecule has 0 radical (unpaired) electrons. The summed E-state index contributed by atoms with van der Waals surface area (Å²) in [4.78, 5) is 21.4. The van der Waals surface area contributed by atoms with Gasteiger partial charge in [0.05, 0.1) is 11.0 Å². The molecule has 19 heavy (non-hydrogen) atoms. The van der Waals surface area contributed by atoms with Crippen LogP contribution in [-0.2, 0) is 0 Å². The Hall–Kier alpha value is -2.55. The van der Waals surface area contributed by atoms with Gasteiger partial charge in [-0.15, -0.1) is 0 Å². The van der Waals surface area contributed by atoms with Gasteiger partial charge in [0, 0.05) is 11.1 Å². The molecule has 3 aromatic rings. The lowest BCUT2D eigenvalue weighted by Crippen LogP contribution is -2.00. The summed E-state index contributed by atoms with van der Waals surface area (Å²) in [5.41, 5.74) is 5.48. The van der Waals surface area contributed by atoms with Crippen molar-refractivity contribution in [3.63, 3.8) is 0 Å². The Balaban J connectivity index is 2.11. The van der Waals surface area contributed by atoms with Gasteiger partial charge in [-0.3, -0.25) is 4.79 Å². The molecule has 1 aromatic heterocycles. The van der Waals surface area contributed by atoms with Gasteiger partial charge in [0.1, 0.15) is 11.4 Å². The van der Waals surface area contributed by atoms with Crippen LogP contribution in [0.1, 0.15) is 21.6 Å². The molecule has 1 aliphatic carbocycles. The van der Waals surface area contributed by atoms with E-state index >= 15 is 0 Å². The SMILES string of the molecule is Cc1ccc2nc3c(nc2c1)C(=O)c1ccccc1-3. The Bertz CT molecular complexity index is 852. The molecule has 0 N–H and O–H groups in total. The number of aryl methyl sites for hydroxylation is 1. The first-order chi connectivity index (χ1) is 9.24. The highest BCUT2D eigenvalue weighted by Crippen LogP contribution is 2.34. The smallest absolute Gasteiger partial charge is 0.214 e. The van der Waals surface area contributed by atoms with E-state index in [2.05, 4.69) is 9.97 Å². The van der Waals surface area contributed by atoms with E-state index in [4.69, 9.17) is 0 Å². The first-order valence-electron chi connectivity index (χ1n) is 6.16. The molecule has 0 atom stereocenters. The summed E-state index contributed by atoms with van der Waals surface area (Å²) in [6, 6.07) is 13.5. The number of benzene rings is 2. The number of rotatable bonds is 0. The molecule has 0 spiro atoms. The van der Waals surface area contributed by atoms with Crippen LogP contribution >= 0.6 is 0 Å². The second-order valence-corrected chi connectivity index (χ2v) is 4.79. The van der Waals surface area contributed by atoms with Gasteiger partial charge in [-0.1, -0.05) is 30.3 Å². The Labute approximate surface area is 109 Å². The number of hydrogen-bond donors (Lipinski definition) is 0. The molecule has 3 heteroatoms. The maximum absolute atomic E-state index is 12.3. The van der Waals surface area contributed by atoms with Crippen molar-refractivity contribution in [2.75, 3.05) is 0 Å². The van der Waals surface area contributed by atoms with E-state index in [-0.39, 0.29) is 5.78 Å². The fourth-order valence-corrected chi connectivity index (χ4v) is 2.53. The summed E-state index contributed by atoms with van der Waals surface area (Å²) in [5, 5.41) is 0. The fraction of sp³-hybridized carbons (Fsp3) is 0.0625. The number of aromatic nitrogens is 2. The first kappa shape index (κ1) is 10.4. The van der Waals surface area contributed by atoms with Crippen molar-refractivity contribution in [2.24, 2.45) is 0 Å². The predicted octanol–water partition coefficient (Wildman–Crippen LogP) is 3.15. The van der Waals surface area contributed by atoms with Gasteiger partial charge in [-0.25, -0.2) is 9.97 Å². The van der Waals surface area contributed by atoms with Crippen LogP contribution in [-0.4, -0.2) is 15.8 Å². The molecule has 1 aliphatic rings. The maximum Gasteiger partial charge on any atom is 0.214 e. The van der Waals surface area contributed by atoms with Crippen molar-refractivity contribution < 1.29 is 4.79 Å². The number of carbonyl (C=O) groups is 1. The molecule has 90 valence electrons. The standard InChI is InChI=1S/C16H10N2O/c1-9-6-7-12-13(8-9)18-15-14(17-12)10-4-2-3-5-11(10)16(15)19/h2-8H,1H3. The minimum Gasteiger partial charge on any atom is -0.287 e. The lowest BCUT2D eigenvalue weighted by atomic mass is 10.1. The van der Waals surface area contributed by atoms with Crippen molar-refractivity contribution in [1.29, 1.82) is 0 Å². The van der Waals surface area contributed by atoms with Crippen LogP contribution in [0.25, 0.3) is 22.3 Å². The van der Waals surface area contributed by atoms with Gasteiger partial charge in [0.15, 0.2) is 0 Å². The summed E-state index contributed by atoms with van der Waals surface area (Å²) < 4.78 is 0. The monoisotopic (exact) mass is 246 g/mol. The second-order valence-electron chi connectivity index (χ2n) is 4.79. The minimum atomic E-state index is -0.0264. The normalized spacial score (nSPS) is 12.6. The van der Waals surface area contributed by atoms with E-state index in [1.54, 1.807) is 0 Å². The lowest BCUT2D eigenvalue weighted by molar-refractivity contribution is 0.103. The molecule has 0 bridgehead atoms. The third kappa shape index (κ3) is 1.35. The third-order valence-corrected chi connectivity index (χ3v) is 3.46. The molecule has 0 saturated heterocycles. The maximum atomic E-state index is 12.3. The molecule has 0 unspecified atom stereocenters. The topological polar surface area (TPSA) is 42.9 Å². The fourth-order valence-electron chi connectivity index (χ4n) is 2.53. The van der Waals surface area contributed by atoms with Crippen molar-refractivity contribution >= 4 is 16.8 Å². The highest BCUT2D eigenvalue weighted by atomic mass is 16.1. The lowest BCUT2D eigenvalue weighted by Gasteiger charge is -2.02. The summed E-state index contributed by atoms with van der Waals surface area (Å²) in [6.07, 6.45) is 0. The number of carbonyl (C=O) groups excluding carboxylic acids is 1. The van der Waals surface area contributed by atoms with Gasteiger partial charge in [-0.2, -0.15) is 0 Å². The zero-order valence-electron chi connectivity index (χ0n) is 10.3. The van der Waals surface area contributed by atoms with E-state index in [0.29, 0.717) is 17.0 Å². The number of fused-ring (bicyclic) bond motifs is 4. The Morgan fingerprint density at radius 2 is 1.58 bits per heavy atom. The van der Waals surface area contributed by atoms with Crippen LogP contribution in [0.4, 0.5) is 0 Å². The Morgan fingerprint density at radius 1 is 0.842 bits per heavy atom. The van der Waals surface area contributed by atoms with Crippen LogP contribution in [0, 0.1) is 6.92 Å². The van der Waals surface area contributed by atoms with E-state index in [9.17, 15) is 4.79 Å². The van der Waals surface area contributed by atoms with Gasteiger partial charge in [0.25, 0.3) is 0 Å². The van der Waals surface area contributed by atoms with Gasteiger partial charge in [0.2, 0.25) is 5.78 Å². The summed E-state index contributed by atoms with van der Waals surface area (Å²) in [6.45, 7) is 2.00. The molecule has 2 aromatic carbocycles. The van der Waals surface area contributed by atoms with Gasteiger partial charge >= 0.3 is 0 Å². The summed E-state index contributed by atoms with van der Waals surface area (Å²) in [5.74, 6) is -0.0264. The molecule has 0 fully saturated rings. The van der Waals surface area contributed by atoms with E-state index in [1.807, 2.05) is 49.4 Å². The Morgan fingerprint density at radius 3 is 2.42 bits per heavy atom. The number of nitrogens with zero attached hydrogens (tertiary/aromatic N) is 2. The zero-order valence-corrected chi connectivity index (χ0v) is 10.3. The van der Waals surface area contributed by atoms with Crippen molar-refractivity contribution in [1.82, 2.24) is 9.97 Å². The van der Waals surface area contributed by atoms with Gasteiger partial charge in [-0.05, 0) is 24.6 Å². The molecule has 0 amide bonds. The zero-order chi connectivity index (χ0) is 13.0. The summed E-state index contributed by atoms with van der Waals surface area (Å²) in [7, 11) is 0. The molecular weight excluding hydrogens is 236 g/mol. The van der Waals surface area contributed by atoms with Crippen LogP contribution in [0.5, 0.6) is 0 Å². The summed E-state index contributed by atoms with van der Waals surface area (Å²) >= 11 is 0. The van der Waals surface area contributed by atoms with Crippen LogP contribution in [0.2, 0.25) is 0 Å². The predicted molar refractivity (Wildman–Crippen MR) is 73.1 cm³/mol. The first-order valence-corrected chi connectivity index (χ1v) is 6.16. The van der Waals surface area contributed by atoms with Crippen molar-refractivity contribution in [2.45, 2.75) is 6.92 Å². The molecule has 1 heterocycles. The highest BCUT2D eigenvalue weighted by molar-refractivity contribution is 6.20. The average molecular weight is 246 g/mol. The van der Waals surface area contributed by atoms with E-state index < -0.39 is 0 Å². The van der Waals surface area contributed by atoms with Crippen LogP contribution in [0.15, 0.2) is 42.5 Å². The highest BCUT2D eigenvalue weighted by Gasteiger charge is 2.29. The van der Waals surface area contributed by atoms with Crippen molar-refractivity contribution in [3.05, 3.63) is 59.3 Å². The Kier molecular flexibility index (Phi) is 1.90. The third-order valence-electron chi connectivity index (χ3n) is 3.46. The number of hydrogen-bond acceptors (Lipinski definition) is 3. The van der Waals surface area contributed by atoms with E-state index in [1.165, 1.54) is 0 Å². The quantitative estimate of drug-likeness (QED) is 0.478. The van der Waals surface area contributed by atoms with E-state index in [0.717, 1.165) is 22.2 Å². The average Bonchev–Trinajstić information content (AvgIpc) is 2.70. The van der Waals surface area contributed by atoms with Crippen molar-refractivity contribution in [3.8, 4) is 11.3 Å². The van der Waals surface area contributed by atoms with Gasteiger partial charge < -0.3 is 0 Å². The second kappa shape index (κ2) is 3.48.